The van der Waals surface area contributed by atoms with E-state index in [2.05, 4.69) is 9.97 Å². The van der Waals surface area contributed by atoms with Crippen LogP contribution in [0.25, 0.3) is 0 Å². The number of hydrogen-bond acceptors (Lipinski definition) is 5. The number of aromatic nitrogens is 2. The van der Waals surface area contributed by atoms with Crippen molar-refractivity contribution in [3.05, 3.63) is 42.2 Å². The summed E-state index contributed by atoms with van der Waals surface area (Å²) >= 11 is 1.47. The van der Waals surface area contributed by atoms with E-state index in [-0.39, 0.29) is 0 Å². The zero-order valence-electron chi connectivity index (χ0n) is 9.46. The summed E-state index contributed by atoms with van der Waals surface area (Å²) < 4.78 is 5.27. The van der Waals surface area contributed by atoms with Gasteiger partial charge < -0.3 is 10.5 Å². The first-order chi connectivity index (χ1) is 8.33. The molecule has 1 heterocycles. The molecule has 0 radical (unpaired) electrons. The number of methoxy groups -OCH3 is 1. The van der Waals surface area contributed by atoms with E-state index in [1.165, 1.54) is 11.8 Å². The van der Waals surface area contributed by atoms with Gasteiger partial charge in [-0.1, -0.05) is 12.1 Å². The molecule has 0 saturated heterocycles. The maximum absolute atomic E-state index is 5.54. The van der Waals surface area contributed by atoms with Gasteiger partial charge >= 0.3 is 0 Å². The molecule has 1 aromatic heterocycles. The number of nitrogens with zero attached hydrogens (tertiary/aromatic N) is 2. The van der Waals surface area contributed by atoms with Gasteiger partial charge in [0.25, 0.3) is 0 Å². The number of ether oxygens (including phenoxy) is 1. The predicted molar refractivity (Wildman–Crippen MR) is 67.0 cm³/mol. The van der Waals surface area contributed by atoms with E-state index in [9.17, 15) is 0 Å². The molecule has 2 aromatic rings. The first-order valence-electron chi connectivity index (χ1n) is 5.16. The highest BCUT2D eigenvalue weighted by Gasteiger charge is 2.06. The molecule has 0 aliphatic heterocycles. The molecule has 0 amide bonds. The SMILES string of the molecule is COc1ccccc1Sc1nccc(CN)n1. The third kappa shape index (κ3) is 2.95. The first-order valence-corrected chi connectivity index (χ1v) is 5.98. The fraction of sp³-hybridized carbons (Fsp3) is 0.167. The van der Waals surface area contributed by atoms with Crippen LogP contribution in [0.2, 0.25) is 0 Å². The summed E-state index contributed by atoms with van der Waals surface area (Å²) in [5, 5.41) is 0.678. The number of hydrogen-bond donors (Lipinski definition) is 1. The lowest BCUT2D eigenvalue weighted by Gasteiger charge is -2.06. The Bertz CT molecular complexity index is 505. The van der Waals surface area contributed by atoms with Crippen molar-refractivity contribution in [3.8, 4) is 5.75 Å². The predicted octanol–water partition coefficient (Wildman–Crippen LogP) is 2.10. The number of nitrogens with two attached hydrogens (primary N) is 1. The van der Waals surface area contributed by atoms with Gasteiger partial charge in [-0.15, -0.1) is 0 Å². The molecule has 17 heavy (non-hydrogen) atoms. The van der Waals surface area contributed by atoms with Gasteiger partial charge in [0.1, 0.15) is 5.75 Å². The molecule has 5 heteroatoms. The van der Waals surface area contributed by atoms with Crippen molar-refractivity contribution in [3.63, 3.8) is 0 Å². The summed E-state index contributed by atoms with van der Waals surface area (Å²) in [6, 6.07) is 9.58. The number of rotatable bonds is 4. The van der Waals surface area contributed by atoms with E-state index in [1.807, 2.05) is 30.3 Å². The van der Waals surface area contributed by atoms with Gasteiger partial charge in [-0.2, -0.15) is 0 Å². The van der Waals surface area contributed by atoms with Crippen LogP contribution in [0, 0.1) is 0 Å². The Morgan fingerprint density at radius 3 is 2.88 bits per heavy atom. The average Bonchev–Trinajstić information content (AvgIpc) is 2.39. The topological polar surface area (TPSA) is 61.0 Å². The third-order valence-electron chi connectivity index (χ3n) is 2.17. The Hall–Kier alpha value is -1.59. The van der Waals surface area contributed by atoms with E-state index >= 15 is 0 Å². The zero-order chi connectivity index (χ0) is 12.1. The van der Waals surface area contributed by atoms with Crippen LogP contribution in [-0.2, 0) is 6.54 Å². The Balaban J connectivity index is 2.24. The lowest BCUT2D eigenvalue weighted by molar-refractivity contribution is 0.405. The van der Waals surface area contributed by atoms with Crippen LogP contribution < -0.4 is 10.5 Å². The van der Waals surface area contributed by atoms with E-state index in [4.69, 9.17) is 10.5 Å². The minimum absolute atomic E-state index is 0.419. The van der Waals surface area contributed by atoms with E-state index in [0.29, 0.717) is 11.7 Å². The Morgan fingerprint density at radius 1 is 1.29 bits per heavy atom. The fourth-order valence-corrected chi connectivity index (χ4v) is 2.21. The van der Waals surface area contributed by atoms with Crippen LogP contribution >= 0.6 is 11.8 Å². The number of para-hydroxylation sites is 1. The molecule has 1 aromatic carbocycles. The van der Waals surface area contributed by atoms with Gasteiger partial charge in [0, 0.05) is 12.7 Å². The Morgan fingerprint density at radius 2 is 2.12 bits per heavy atom. The van der Waals surface area contributed by atoms with Crippen molar-refractivity contribution in [2.24, 2.45) is 5.73 Å². The van der Waals surface area contributed by atoms with Crippen LogP contribution in [0.15, 0.2) is 46.6 Å². The summed E-state index contributed by atoms with van der Waals surface area (Å²) in [4.78, 5) is 9.52. The van der Waals surface area contributed by atoms with Crippen molar-refractivity contribution in [2.75, 3.05) is 7.11 Å². The smallest absolute Gasteiger partial charge is 0.192 e. The van der Waals surface area contributed by atoms with Crippen molar-refractivity contribution in [1.82, 2.24) is 9.97 Å². The standard InChI is InChI=1S/C12H13N3OS/c1-16-10-4-2-3-5-11(10)17-12-14-7-6-9(8-13)15-12/h2-7H,8,13H2,1H3. The van der Waals surface area contributed by atoms with Gasteiger partial charge in [-0.3, -0.25) is 0 Å². The summed E-state index contributed by atoms with van der Waals surface area (Å²) in [7, 11) is 1.65. The third-order valence-corrected chi connectivity index (χ3v) is 3.11. The highest BCUT2D eigenvalue weighted by Crippen LogP contribution is 2.32. The van der Waals surface area contributed by atoms with E-state index < -0.39 is 0 Å². The van der Waals surface area contributed by atoms with Crippen LogP contribution in [0.3, 0.4) is 0 Å². The van der Waals surface area contributed by atoms with Crippen LogP contribution in [0.1, 0.15) is 5.69 Å². The molecular formula is C12H13N3OS. The molecule has 0 fully saturated rings. The number of benzene rings is 1. The second-order valence-electron chi connectivity index (χ2n) is 3.29. The van der Waals surface area contributed by atoms with Crippen LogP contribution in [0.4, 0.5) is 0 Å². The van der Waals surface area contributed by atoms with E-state index in [0.717, 1.165) is 16.3 Å². The van der Waals surface area contributed by atoms with Crippen molar-refractivity contribution in [2.45, 2.75) is 16.6 Å². The van der Waals surface area contributed by atoms with Crippen LogP contribution in [0.5, 0.6) is 5.75 Å². The van der Waals surface area contributed by atoms with Gasteiger partial charge in [0.05, 0.1) is 17.7 Å². The minimum atomic E-state index is 0.419. The van der Waals surface area contributed by atoms with E-state index in [1.54, 1.807) is 13.3 Å². The fourth-order valence-electron chi connectivity index (χ4n) is 1.34. The normalized spacial score (nSPS) is 10.2. The van der Waals surface area contributed by atoms with Gasteiger partial charge in [-0.25, -0.2) is 9.97 Å². The van der Waals surface area contributed by atoms with Crippen molar-refractivity contribution < 1.29 is 4.74 Å². The molecule has 0 bridgehead atoms. The second-order valence-corrected chi connectivity index (χ2v) is 4.30. The van der Waals surface area contributed by atoms with Crippen molar-refractivity contribution in [1.29, 1.82) is 0 Å². The highest BCUT2D eigenvalue weighted by molar-refractivity contribution is 7.99. The summed E-state index contributed by atoms with van der Waals surface area (Å²) in [6.07, 6.45) is 1.72. The zero-order valence-corrected chi connectivity index (χ0v) is 10.3. The minimum Gasteiger partial charge on any atom is -0.496 e. The second kappa shape index (κ2) is 5.65. The first kappa shape index (κ1) is 11.9. The summed E-state index contributed by atoms with van der Waals surface area (Å²) in [5.74, 6) is 0.819. The molecule has 0 saturated carbocycles. The highest BCUT2D eigenvalue weighted by atomic mass is 32.2. The quantitative estimate of drug-likeness (QED) is 0.838. The molecule has 88 valence electrons. The maximum Gasteiger partial charge on any atom is 0.192 e. The molecule has 0 spiro atoms. The molecule has 2 N–H and O–H groups in total. The molecule has 2 rings (SSSR count). The van der Waals surface area contributed by atoms with Gasteiger partial charge in [-0.05, 0) is 30.0 Å². The molecule has 0 unspecified atom stereocenters. The Kier molecular flexibility index (Phi) is 3.95. The molecule has 4 nitrogen and oxygen atoms in total. The molecule has 0 aliphatic carbocycles. The van der Waals surface area contributed by atoms with Crippen molar-refractivity contribution >= 4 is 11.8 Å². The summed E-state index contributed by atoms with van der Waals surface area (Å²) in [6.45, 7) is 0.419. The Labute approximate surface area is 104 Å². The largest absolute Gasteiger partial charge is 0.496 e. The maximum atomic E-state index is 5.54. The van der Waals surface area contributed by atoms with Gasteiger partial charge in [0.2, 0.25) is 0 Å². The molecule has 0 atom stereocenters. The monoisotopic (exact) mass is 247 g/mol. The van der Waals surface area contributed by atoms with Gasteiger partial charge in [0.15, 0.2) is 5.16 Å². The lowest BCUT2D eigenvalue weighted by Crippen LogP contribution is -2.00. The van der Waals surface area contributed by atoms with Crippen LogP contribution in [-0.4, -0.2) is 17.1 Å². The molecule has 0 aliphatic rings. The average molecular weight is 247 g/mol. The summed E-state index contributed by atoms with van der Waals surface area (Å²) in [5.41, 5.74) is 6.37. The molecular weight excluding hydrogens is 234 g/mol. The lowest BCUT2D eigenvalue weighted by atomic mass is 10.3.